The lowest BCUT2D eigenvalue weighted by molar-refractivity contribution is 0.296. The van der Waals surface area contributed by atoms with E-state index in [0.717, 1.165) is 31.9 Å². The Kier molecular flexibility index (Phi) is 8.93. The fourth-order valence-electron chi connectivity index (χ4n) is 3.13. The molecule has 1 fully saturated rings. The first-order valence-electron chi connectivity index (χ1n) is 9.57. The number of nitrogens with one attached hydrogen (secondary N) is 1. The Balaban J connectivity index is 1.65. The summed E-state index contributed by atoms with van der Waals surface area (Å²) in [5, 5.41) is 3.54. The minimum Gasteiger partial charge on any atom is -0.494 e. The summed E-state index contributed by atoms with van der Waals surface area (Å²) < 4.78 is 5.86. The van der Waals surface area contributed by atoms with E-state index in [-0.39, 0.29) is 0 Å². The molecule has 23 heavy (non-hydrogen) atoms. The summed E-state index contributed by atoms with van der Waals surface area (Å²) in [6.07, 6.45) is 10.5. The van der Waals surface area contributed by atoms with Gasteiger partial charge in [-0.05, 0) is 44.5 Å². The van der Waals surface area contributed by atoms with Crippen molar-refractivity contribution in [3.8, 4) is 5.75 Å². The third-order valence-corrected chi connectivity index (χ3v) is 4.56. The van der Waals surface area contributed by atoms with E-state index >= 15 is 0 Å². The zero-order valence-corrected chi connectivity index (χ0v) is 14.9. The molecule has 0 aromatic heterocycles. The van der Waals surface area contributed by atoms with Gasteiger partial charge in [-0.2, -0.15) is 0 Å². The third-order valence-electron chi connectivity index (χ3n) is 4.56. The topological polar surface area (TPSA) is 24.5 Å². The lowest BCUT2D eigenvalue weighted by Crippen LogP contribution is -2.29. The van der Waals surface area contributed by atoms with Gasteiger partial charge in [-0.1, -0.05) is 45.1 Å². The van der Waals surface area contributed by atoms with E-state index in [1.165, 1.54) is 63.7 Å². The summed E-state index contributed by atoms with van der Waals surface area (Å²) in [6, 6.07) is 8.39. The predicted octanol–water partition coefficient (Wildman–Crippen LogP) is 4.93. The van der Waals surface area contributed by atoms with Crippen molar-refractivity contribution >= 4 is 5.69 Å². The number of unbranched alkanes of at least 4 members (excludes halogenated alkanes) is 3. The maximum atomic E-state index is 5.86. The quantitative estimate of drug-likeness (QED) is 0.619. The third kappa shape index (κ3) is 7.74. The van der Waals surface area contributed by atoms with Gasteiger partial charge in [0.25, 0.3) is 0 Å². The summed E-state index contributed by atoms with van der Waals surface area (Å²) in [5.74, 6) is 0.987. The summed E-state index contributed by atoms with van der Waals surface area (Å²) in [7, 11) is 0. The first-order valence-corrected chi connectivity index (χ1v) is 9.57. The van der Waals surface area contributed by atoms with Crippen LogP contribution in [0.25, 0.3) is 0 Å². The molecule has 0 unspecified atom stereocenters. The normalized spacial score (nSPS) is 16.0. The van der Waals surface area contributed by atoms with E-state index in [4.69, 9.17) is 4.74 Å². The molecule has 1 aliphatic rings. The molecule has 3 heteroatoms. The van der Waals surface area contributed by atoms with Crippen LogP contribution in [0.2, 0.25) is 0 Å². The summed E-state index contributed by atoms with van der Waals surface area (Å²) in [6.45, 7) is 7.76. The molecule has 0 aliphatic carbocycles. The van der Waals surface area contributed by atoms with Crippen LogP contribution in [0, 0.1) is 0 Å². The van der Waals surface area contributed by atoms with Crippen molar-refractivity contribution in [3.63, 3.8) is 0 Å². The number of anilines is 1. The highest BCUT2D eigenvalue weighted by Gasteiger charge is 2.08. The Labute approximate surface area is 142 Å². The zero-order chi connectivity index (χ0) is 16.2. The van der Waals surface area contributed by atoms with Crippen LogP contribution in [0.15, 0.2) is 24.3 Å². The van der Waals surface area contributed by atoms with Gasteiger partial charge >= 0.3 is 0 Å². The molecule has 1 saturated heterocycles. The summed E-state index contributed by atoms with van der Waals surface area (Å²) >= 11 is 0. The van der Waals surface area contributed by atoms with Crippen molar-refractivity contribution in [1.29, 1.82) is 0 Å². The van der Waals surface area contributed by atoms with E-state index in [1.54, 1.807) is 0 Å². The number of hydrogen-bond acceptors (Lipinski definition) is 3. The Bertz CT molecular complexity index is 414. The second-order valence-corrected chi connectivity index (χ2v) is 6.62. The minimum atomic E-state index is 0.831. The Morgan fingerprint density at radius 3 is 2.65 bits per heavy atom. The van der Waals surface area contributed by atoms with Crippen molar-refractivity contribution in [3.05, 3.63) is 24.3 Å². The molecule has 0 amide bonds. The Hall–Kier alpha value is -1.22. The van der Waals surface area contributed by atoms with Gasteiger partial charge in [-0.25, -0.2) is 0 Å². The van der Waals surface area contributed by atoms with Gasteiger partial charge in [0.15, 0.2) is 0 Å². The molecule has 0 atom stereocenters. The first kappa shape index (κ1) is 18.1. The smallest absolute Gasteiger partial charge is 0.121 e. The van der Waals surface area contributed by atoms with Gasteiger partial charge in [0, 0.05) is 24.8 Å². The Morgan fingerprint density at radius 1 is 1.04 bits per heavy atom. The van der Waals surface area contributed by atoms with Gasteiger partial charge in [-0.3, -0.25) is 0 Å². The molecular formula is C20H34N2O. The van der Waals surface area contributed by atoms with Gasteiger partial charge < -0.3 is 15.0 Å². The summed E-state index contributed by atoms with van der Waals surface area (Å²) in [5.41, 5.74) is 1.17. The molecule has 1 aliphatic heterocycles. The lowest BCUT2D eigenvalue weighted by Gasteiger charge is -2.20. The maximum Gasteiger partial charge on any atom is 0.121 e. The number of rotatable bonds is 10. The lowest BCUT2D eigenvalue weighted by atomic mass is 10.2. The van der Waals surface area contributed by atoms with E-state index in [2.05, 4.69) is 41.4 Å². The summed E-state index contributed by atoms with van der Waals surface area (Å²) in [4.78, 5) is 2.59. The maximum absolute atomic E-state index is 5.86. The minimum absolute atomic E-state index is 0.831. The molecule has 1 aromatic rings. The zero-order valence-electron chi connectivity index (χ0n) is 14.9. The van der Waals surface area contributed by atoms with Crippen LogP contribution < -0.4 is 10.1 Å². The van der Waals surface area contributed by atoms with Crippen LogP contribution in [0.1, 0.15) is 58.3 Å². The molecule has 0 bridgehead atoms. The molecule has 0 saturated carbocycles. The predicted molar refractivity (Wildman–Crippen MR) is 99.5 cm³/mol. The molecule has 1 aromatic carbocycles. The number of hydrogen-bond donors (Lipinski definition) is 1. The van der Waals surface area contributed by atoms with Gasteiger partial charge in [0.1, 0.15) is 5.75 Å². The van der Waals surface area contributed by atoms with Crippen LogP contribution in [0.3, 0.4) is 0 Å². The van der Waals surface area contributed by atoms with Crippen LogP contribution >= 0.6 is 0 Å². The molecule has 1 N–H and O–H groups in total. The SMILES string of the molecule is CCCCCCOc1cccc(NCCN2CCCCCC2)c1. The average Bonchev–Trinajstić information content (AvgIpc) is 2.84. The van der Waals surface area contributed by atoms with Gasteiger partial charge in [0.05, 0.1) is 6.61 Å². The second-order valence-electron chi connectivity index (χ2n) is 6.62. The monoisotopic (exact) mass is 318 g/mol. The fraction of sp³-hybridized carbons (Fsp3) is 0.700. The molecule has 130 valence electrons. The highest BCUT2D eigenvalue weighted by molar-refractivity contribution is 5.48. The molecule has 2 rings (SSSR count). The van der Waals surface area contributed by atoms with E-state index < -0.39 is 0 Å². The highest BCUT2D eigenvalue weighted by atomic mass is 16.5. The van der Waals surface area contributed by atoms with E-state index in [0.29, 0.717) is 0 Å². The fourth-order valence-corrected chi connectivity index (χ4v) is 3.13. The average molecular weight is 319 g/mol. The van der Waals surface area contributed by atoms with Gasteiger partial charge in [-0.15, -0.1) is 0 Å². The Morgan fingerprint density at radius 2 is 1.87 bits per heavy atom. The molecule has 3 nitrogen and oxygen atoms in total. The van der Waals surface area contributed by atoms with Crippen LogP contribution in [-0.2, 0) is 0 Å². The second kappa shape index (κ2) is 11.3. The van der Waals surface area contributed by atoms with Crippen molar-refractivity contribution in [2.75, 3.05) is 38.1 Å². The number of likely N-dealkylation sites (tertiary alicyclic amines) is 1. The van der Waals surface area contributed by atoms with Crippen molar-refractivity contribution in [1.82, 2.24) is 4.90 Å². The first-order chi connectivity index (χ1) is 11.4. The molecular weight excluding hydrogens is 284 g/mol. The van der Waals surface area contributed by atoms with Crippen molar-refractivity contribution < 1.29 is 4.74 Å². The number of ether oxygens (including phenoxy) is 1. The van der Waals surface area contributed by atoms with Crippen LogP contribution in [-0.4, -0.2) is 37.7 Å². The molecule has 0 spiro atoms. The standard InChI is InChI=1S/C20H34N2O/c1-2-3-4-9-17-23-20-12-10-11-19(18-20)21-13-16-22-14-7-5-6-8-15-22/h10-12,18,21H,2-9,13-17H2,1H3. The largest absolute Gasteiger partial charge is 0.494 e. The molecule has 1 heterocycles. The van der Waals surface area contributed by atoms with Gasteiger partial charge in [0.2, 0.25) is 0 Å². The van der Waals surface area contributed by atoms with Crippen LogP contribution in [0.4, 0.5) is 5.69 Å². The van der Waals surface area contributed by atoms with E-state index in [9.17, 15) is 0 Å². The van der Waals surface area contributed by atoms with Crippen molar-refractivity contribution in [2.45, 2.75) is 58.3 Å². The van der Waals surface area contributed by atoms with Crippen LogP contribution in [0.5, 0.6) is 5.75 Å². The van der Waals surface area contributed by atoms with E-state index in [1.807, 2.05) is 0 Å². The van der Waals surface area contributed by atoms with Crippen molar-refractivity contribution in [2.24, 2.45) is 0 Å². The number of nitrogens with zero attached hydrogens (tertiary/aromatic N) is 1. The number of benzene rings is 1. The highest BCUT2D eigenvalue weighted by Crippen LogP contribution is 2.18. The molecule has 0 radical (unpaired) electrons.